The maximum atomic E-state index is 12.8. The second-order valence-electron chi connectivity index (χ2n) is 6.46. The van der Waals surface area contributed by atoms with E-state index in [1.54, 1.807) is 12.4 Å². The molecule has 2 rings (SSSR count). The van der Waals surface area contributed by atoms with Gasteiger partial charge < -0.3 is 14.9 Å². The molecule has 0 aromatic carbocycles. The third kappa shape index (κ3) is 5.01. The van der Waals surface area contributed by atoms with Crippen molar-refractivity contribution in [2.24, 2.45) is 0 Å². The molecule has 1 aliphatic rings. The number of nitrogens with zero attached hydrogens (tertiary/aromatic N) is 3. The van der Waals surface area contributed by atoms with Gasteiger partial charge in [-0.25, -0.2) is 0 Å². The Morgan fingerprint density at radius 3 is 2.72 bits per heavy atom. The van der Waals surface area contributed by atoms with Crippen LogP contribution < -0.4 is 0 Å². The van der Waals surface area contributed by atoms with Gasteiger partial charge in [0.05, 0.1) is 5.92 Å². The number of aliphatic carboxylic acids is 1. The molecule has 0 aliphatic carbocycles. The lowest BCUT2D eigenvalue weighted by Gasteiger charge is -2.29. The summed E-state index contributed by atoms with van der Waals surface area (Å²) in [5.74, 6) is -1.48. The summed E-state index contributed by atoms with van der Waals surface area (Å²) in [7, 11) is 0. The average molecular weight is 347 g/mol. The Bertz CT molecular complexity index is 620. The van der Waals surface area contributed by atoms with E-state index in [-0.39, 0.29) is 30.3 Å². The van der Waals surface area contributed by atoms with E-state index in [9.17, 15) is 14.4 Å². The number of aromatic nitrogens is 1. The molecule has 0 unspecified atom stereocenters. The number of carbonyl (C=O) groups is 3. The van der Waals surface area contributed by atoms with Crippen molar-refractivity contribution in [1.29, 1.82) is 0 Å². The molecule has 2 heterocycles. The number of rotatable bonds is 5. The highest BCUT2D eigenvalue weighted by molar-refractivity contribution is 5.83. The van der Waals surface area contributed by atoms with E-state index in [0.717, 1.165) is 12.0 Å². The Balaban J connectivity index is 2.01. The van der Waals surface area contributed by atoms with Crippen molar-refractivity contribution in [1.82, 2.24) is 14.8 Å². The summed E-state index contributed by atoms with van der Waals surface area (Å²) in [4.78, 5) is 42.8. The van der Waals surface area contributed by atoms with Crippen molar-refractivity contribution >= 4 is 17.8 Å². The molecule has 7 heteroatoms. The van der Waals surface area contributed by atoms with Crippen LogP contribution in [0.3, 0.4) is 0 Å². The topological polar surface area (TPSA) is 90.8 Å². The first-order valence-corrected chi connectivity index (χ1v) is 8.58. The first kappa shape index (κ1) is 18.9. The van der Waals surface area contributed by atoms with Gasteiger partial charge >= 0.3 is 5.97 Å². The highest BCUT2D eigenvalue weighted by atomic mass is 16.4. The minimum Gasteiger partial charge on any atom is -0.480 e. The fourth-order valence-corrected chi connectivity index (χ4v) is 3.30. The predicted molar refractivity (Wildman–Crippen MR) is 91.9 cm³/mol. The summed E-state index contributed by atoms with van der Waals surface area (Å²) in [6.07, 6.45) is 5.43. The lowest BCUT2D eigenvalue weighted by molar-refractivity contribution is -0.145. The number of hydrogen-bond donors (Lipinski definition) is 1. The van der Waals surface area contributed by atoms with Crippen LogP contribution in [-0.4, -0.2) is 63.4 Å². The fourth-order valence-electron chi connectivity index (χ4n) is 3.30. The van der Waals surface area contributed by atoms with Crippen molar-refractivity contribution in [2.45, 2.75) is 45.1 Å². The minimum absolute atomic E-state index is 0.0428. The first-order valence-electron chi connectivity index (χ1n) is 8.58. The van der Waals surface area contributed by atoms with Crippen LogP contribution in [0.2, 0.25) is 0 Å². The predicted octanol–water partition coefficient (Wildman–Crippen LogP) is 1.50. The van der Waals surface area contributed by atoms with E-state index in [1.165, 1.54) is 11.8 Å². The van der Waals surface area contributed by atoms with Crippen LogP contribution >= 0.6 is 0 Å². The van der Waals surface area contributed by atoms with Gasteiger partial charge in [-0.1, -0.05) is 6.07 Å². The molecule has 2 amide bonds. The highest BCUT2D eigenvalue weighted by Gasteiger charge is 2.29. The molecule has 0 radical (unpaired) electrons. The molecular weight excluding hydrogens is 322 g/mol. The molecule has 25 heavy (non-hydrogen) atoms. The average Bonchev–Trinajstić information content (AvgIpc) is 2.84. The highest BCUT2D eigenvalue weighted by Crippen LogP contribution is 2.22. The summed E-state index contributed by atoms with van der Waals surface area (Å²) in [5, 5.41) is 9.01. The molecule has 7 nitrogen and oxygen atoms in total. The number of pyridine rings is 1. The normalized spacial score (nSPS) is 19.0. The van der Waals surface area contributed by atoms with Crippen LogP contribution in [0.15, 0.2) is 24.5 Å². The van der Waals surface area contributed by atoms with Crippen LogP contribution in [0.1, 0.15) is 44.6 Å². The quantitative estimate of drug-likeness (QED) is 0.872. The van der Waals surface area contributed by atoms with E-state index in [0.29, 0.717) is 25.9 Å². The van der Waals surface area contributed by atoms with Gasteiger partial charge in [-0.15, -0.1) is 0 Å². The Labute approximate surface area is 147 Å². The smallest absolute Gasteiger partial charge is 0.323 e. The van der Waals surface area contributed by atoms with Gasteiger partial charge in [0.25, 0.3) is 0 Å². The van der Waals surface area contributed by atoms with Gasteiger partial charge in [0.1, 0.15) is 6.54 Å². The van der Waals surface area contributed by atoms with Gasteiger partial charge in [-0.2, -0.15) is 0 Å². The summed E-state index contributed by atoms with van der Waals surface area (Å²) < 4.78 is 0. The Kier molecular flexibility index (Phi) is 6.50. The van der Waals surface area contributed by atoms with Crippen LogP contribution in [0.25, 0.3) is 0 Å². The first-order chi connectivity index (χ1) is 11.9. The Hall–Kier alpha value is -2.44. The molecule has 2 atom stereocenters. The molecule has 1 aromatic rings. The fraction of sp³-hybridized carbons (Fsp3) is 0.556. The molecule has 1 saturated heterocycles. The number of hydrogen-bond acceptors (Lipinski definition) is 4. The Morgan fingerprint density at radius 2 is 2.12 bits per heavy atom. The third-order valence-electron chi connectivity index (χ3n) is 4.71. The summed E-state index contributed by atoms with van der Waals surface area (Å²) in [5.41, 5.74) is 0.879. The number of carboxylic acids is 1. The maximum Gasteiger partial charge on any atom is 0.323 e. The second-order valence-corrected chi connectivity index (χ2v) is 6.46. The maximum absolute atomic E-state index is 12.8. The molecule has 1 N–H and O–H groups in total. The van der Waals surface area contributed by atoms with Crippen molar-refractivity contribution in [2.75, 3.05) is 19.6 Å². The SMILES string of the molecule is CC(=O)N(CC(=O)O)[C@H]1CCCN(C(=O)[C@@H](C)c2cccnc2)CC1. The number of likely N-dealkylation sites (tertiary alicyclic amines) is 1. The lowest BCUT2D eigenvalue weighted by Crippen LogP contribution is -2.43. The minimum atomic E-state index is -1.02. The zero-order valence-corrected chi connectivity index (χ0v) is 14.7. The number of carbonyl (C=O) groups excluding carboxylic acids is 2. The zero-order valence-electron chi connectivity index (χ0n) is 14.7. The van der Waals surface area contributed by atoms with E-state index >= 15 is 0 Å². The van der Waals surface area contributed by atoms with Crippen molar-refractivity contribution < 1.29 is 19.5 Å². The standard InChI is InChI=1S/C18H25N3O4/c1-13(15-5-3-8-19-11-15)18(25)20-9-4-6-16(7-10-20)21(14(2)22)12-17(23)24/h3,5,8,11,13,16H,4,6-7,9-10,12H2,1-2H3,(H,23,24)/t13-,16-/m0/s1. The third-order valence-corrected chi connectivity index (χ3v) is 4.71. The summed E-state index contributed by atoms with van der Waals surface area (Å²) >= 11 is 0. The summed E-state index contributed by atoms with van der Waals surface area (Å²) in [6, 6.07) is 3.56. The Morgan fingerprint density at radius 1 is 1.36 bits per heavy atom. The van der Waals surface area contributed by atoms with Gasteiger partial charge in [0, 0.05) is 38.4 Å². The van der Waals surface area contributed by atoms with Gasteiger partial charge in [-0.05, 0) is 37.8 Å². The van der Waals surface area contributed by atoms with Gasteiger partial charge in [0.2, 0.25) is 11.8 Å². The molecule has 0 bridgehead atoms. The number of amides is 2. The zero-order chi connectivity index (χ0) is 18.4. The van der Waals surface area contributed by atoms with Gasteiger partial charge in [0.15, 0.2) is 0 Å². The van der Waals surface area contributed by atoms with E-state index in [1.807, 2.05) is 24.0 Å². The van der Waals surface area contributed by atoms with E-state index in [2.05, 4.69) is 4.98 Å². The summed E-state index contributed by atoms with van der Waals surface area (Å²) in [6.45, 7) is 4.12. The molecule has 1 aromatic heterocycles. The molecule has 0 spiro atoms. The van der Waals surface area contributed by atoms with E-state index in [4.69, 9.17) is 5.11 Å². The van der Waals surface area contributed by atoms with Crippen LogP contribution in [0.4, 0.5) is 0 Å². The number of carboxylic acid groups (broad SMARTS) is 1. The lowest BCUT2D eigenvalue weighted by atomic mass is 10.0. The van der Waals surface area contributed by atoms with Crippen LogP contribution in [0.5, 0.6) is 0 Å². The van der Waals surface area contributed by atoms with Crippen LogP contribution in [0, 0.1) is 0 Å². The van der Waals surface area contributed by atoms with E-state index < -0.39 is 5.97 Å². The second kappa shape index (κ2) is 8.60. The van der Waals surface area contributed by atoms with Crippen LogP contribution in [-0.2, 0) is 14.4 Å². The molecular formula is C18H25N3O4. The van der Waals surface area contributed by atoms with Gasteiger partial charge in [-0.3, -0.25) is 19.4 Å². The molecule has 0 saturated carbocycles. The van der Waals surface area contributed by atoms with Crippen molar-refractivity contribution in [3.8, 4) is 0 Å². The molecule has 1 aliphatic heterocycles. The monoisotopic (exact) mass is 347 g/mol. The molecule has 136 valence electrons. The van der Waals surface area contributed by atoms with Crippen molar-refractivity contribution in [3.05, 3.63) is 30.1 Å². The van der Waals surface area contributed by atoms with Crippen molar-refractivity contribution in [3.63, 3.8) is 0 Å². The largest absolute Gasteiger partial charge is 0.480 e. The molecule has 1 fully saturated rings.